The van der Waals surface area contributed by atoms with Crippen LogP contribution in [0.15, 0.2) is 48.5 Å². The van der Waals surface area contributed by atoms with E-state index in [1.54, 1.807) is 6.07 Å². The summed E-state index contributed by atoms with van der Waals surface area (Å²) in [7, 11) is 0. The van der Waals surface area contributed by atoms with Crippen molar-refractivity contribution in [2.45, 2.75) is 19.0 Å². The minimum Gasteiger partial charge on any atom is -0.329 e. The average molecular weight is 293 g/mol. The van der Waals surface area contributed by atoms with Crippen molar-refractivity contribution in [1.29, 1.82) is 0 Å². The van der Waals surface area contributed by atoms with Crippen LogP contribution >= 0.6 is 11.6 Å². The molecule has 0 heterocycles. The monoisotopic (exact) mass is 292 g/mol. The van der Waals surface area contributed by atoms with E-state index in [1.807, 2.05) is 37.3 Å². The average Bonchev–Trinajstić information content (AvgIpc) is 2.48. The fraction of sp³-hybridized carbons (Fsp3) is 0.250. The molecule has 0 saturated heterocycles. The lowest BCUT2D eigenvalue weighted by Gasteiger charge is -2.23. The van der Waals surface area contributed by atoms with Crippen molar-refractivity contribution in [2.24, 2.45) is 5.73 Å². The van der Waals surface area contributed by atoms with Gasteiger partial charge in [0, 0.05) is 29.2 Å². The van der Waals surface area contributed by atoms with Crippen LogP contribution in [0.25, 0.3) is 0 Å². The Hall–Kier alpha value is -1.42. The summed E-state index contributed by atoms with van der Waals surface area (Å²) in [5.41, 5.74) is 7.41. The van der Waals surface area contributed by atoms with E-state index in [-0.39, 0.29) is 17.9 Å². The molecule has 3 N–H and O–H groups in total. The maximum Gasteiger partial charge on any atom is 0.128 e. The third kappa shape index (κ3) is 3.57. The van der Waals surface area contributed by atoms with Crippen LogP contribution in [-0.2, 0) is 0 Å². The number of hydrogen-bond donors (Lipinski definition) is 2. The molecule has 2 nitrogen and oxygen atoms in total. The van der Waals surface area contributed by atoms with Crippen molar-refractivity contribution in [3.63, 3.8) is 0 Å². The Balaban J connectivity index is 2.19. The maximum absolute atomic E-state index is 13.9. The second-order valence-corrected chi connectivity index (χ2v) is 5.19. The molecule has 4 heteroatoms. The van der Waals surface area contributed by atoms with E-state index in [0.717, 1.165) is 5.56 Å². The minimum atomic E-state index is -0.294. The third-order valence-corrected chi connectivity index (χ3v) is 3.56. The molecule has 106 valence electrons. The SMILES string of the molecule is CC(NC(CN)c1cc(Cl)ccc1F)c1ccccc1. The van der Waals surface area contributed by atoms with Gasteiger partial charge in [-0.2, -0.15) is 0 Å². The van der Waals surface area contributed by atoms with Crippen LogP contribution in [0, 0.1) is 5.82 Å². The van der Waals surface area contributed by atoms with Crippen LogP contribution in [0.4, 0.5) is 4.39 Å². The van der Waals surface area contributed by atoms with Crippen LogP contribution in [-0.4, -0.2) is 6.54 Å². The van der Waals surface area contributed by atoms with E-state index in [1.165, 1.54) is 12.1 Å². The number of nitrogens with two attached hydrogens (primary N) is 1. The number of benzene rings is 2. The second-order valence-electron chi connectivity index (χ2n) is 4.75. The van der Waals surface area contributed by atoms with E-state index in [4.69, 9.17) is 17.3 Å². The Kier molecular flexibility index (Phi) is 5.12. The quantitative estimate of drug-likeness (QED) is 0.879. The van der Waals surface area contributed by atoms with Crippen molar-refractivity contribution < 1.29 is 4.39 Å². The summed E-state index contributed by atoms with van der Waals surface area (Å²) in [5, 5.41) is 3.85. The van der Waals surface area contributed by atoms with E-state index in [2.05, 4.69) is 5.32 Å². The summed E-state index contributed by atoms with van der Waals surface area (Å²) in [4.78, 5) is 0. The van der Waals surface area contributed by atoms with Crippen LogP contribution in [0.5, 0.6) is 0 Å². The van der Waals surface area contributed by atoms with Crippen molar-refractivity contribution in [1.82, 2.24) is 5.32 Å². The smallest absolute Gasteiger partial charge is 0.128 e. The summed E-state index contributed by atoms with van der Waals surface area (Å²) in [6.07, 6.45) is 0. The van der Waals surface area contributed by atoms with Crippen LogP contribution in [0.3, 0.4) is 0 Å². The van der Waals surface area contributed by atoms with Gasteiger partial charge < -0.3 is 11.1 Å². The van der Waals surface area contributed by atoms with Crippen molar-refractivity contribution >= 4 is 11.6 Å². The molecule has 0 bridgehead atoms. The zero-order valence-corrected chi connectivity index (χ0v) is 12.1. The Morgan fingerprint density at radius 2 is 1.90 bits per heavy atom. The largest absolute Gasteiger partial charge is 0.329 e. The molecule has 0 amide bonds. The summed E-state index contributed by atoms with van der Waals surface area (Å²) >= 11 is 5.94. The molecule has 0 fully saturated rings. The van der Waals surface area contributed by atoms with Gasteiger partial charge in [-0.1, -0.05) is 41.9 Å². The van der Waals surface area contributed by atoms with Gasteiger partial charge in [0.15, 0.2) is 0 Å². The van der Waals surface area contributed by atoms with Crippen LogP contribution in [0.1, 0.15) is 30.1 Å². The first-order chi connectivity index (χ1) is 9.61. The predicted molar refractivity (Wildman–Crippen MR) is 81.2 cm³/mol. The van der Waals surface area contributed by atoms with Gasteiger partial charge in [0.25, 0.3) is 0 Å². The molecule has 0 spiro atoms. The van der Waals surface area contributed by atoms with Crippen molar-refractivity contribution in [3.05, 3.63) is 70.5 Å². The van der Waals surface area contributed by atoms with Crippen molar-refractivity contribution in [2.75, 3.05) is 6.54 Å². The molecule has 2 aromatic rings. The molecule has 0 aliphatic rings. The lowest BCUT2D eigenvalue weighted by atomic mass is 10.0. The number of nitrogens with one attached hydrogen (secondary N) is 1. The molecule has 2 rings (SSSR count). The summed E-state index contributed by atoms with van der Waals surface area (Å²) in [6, 6.07) is 14.3. The maximum atomic E-state index is 13.9. The van der Waals surface area contributed by atoms with Crippen LogP contribution < -0.4 is 11.1 Å². The first-order valence-electron chi connectivity index (χ1n) is 6.58. The molecule has 0 saturated carbocycles. The van der Waals surface area contributed by atoms with Gasteiger partial charge in [-0.25, -0.2) is 4.39 Å². The van der Waals surface area contributed by atoms with E-state index in [0.29, 0.717) is 17.1 Å². The highest BCUT2D eigenvalue weighted by atomic mass is 35.5. The van der Waals surface area contributed by atoms with Gasteiger partial charge in [-0.15, -0.1) is 0 Å². The zero-order chi connectivity index (χ0) is 14.5. The highest BCUT2D eigenvalue weighted by Gasteiger charge is 2.17. The Morgan fingerprint density at radius 3 is 2.55 bits per heavy atom. The van der Waals surface area contributed by atoms with Gasteiger partial charge in [-0.3, -0.25) is 0 Å². The number of rotatable bonds is 5. The molecule has 2 aromatic carbocycles. The summed E-state index contributed by atoms with van der Waals surface area (Å²) in [6.45, 7) is 2.33. The molecule has 2 atom stereocenters. The highest BCUT2D eigenvalue weighted by Crippen LogP contribution is 2.24. The fourth-order valence-corrected chi connectivity index (χ4v) is 2.39. The van der Waals surface area contributed by atoms with E-state index in [9.17, 15) is 4.39 Å². The molecular weight excluding hydrogens is 275 g/mol. The molecule has 0 aliphatic carbocycles. The predicted octanol–water partition coefficient (Wildman–Crippen LogP) is 3.83. The molecular formula is C16H18ClFN2. The first-order valence-corrected chi connectivity index (χ1v) is 6.95. The van der Waals surface area contributed by atoms with Gasteiger partial charge >= 0.3 is 0 Å². The topological polar surface area (TPSA) is 38.0 Å². The Morgan fingerprint density at radius 1 is 1.20 bits per heavy atom. The van der Waals surface area contributed by atoms with E-state index >= 15 is 0 Å². The van der Waals surface area contributed by atoms with Gasteiger partial charge in [0.2, 0.25) is 0 Å². The standard InChI is InChI=1S/C16H18ClFN2/c1-11(12-5-3-2-4-6-12)20-16(10-19)14-9-13(17)7-8-15(14)18/h2-9,11,16,20H,10,19H2,1H3. The Bertz CT molecular complexity index is 560. The van der Waals surface area contributed by atoms with Crippen LogP contribution in [0.2, 0.25) is 5.02 Å². The van der Waals surface area contributed by atoms with Gasteiger partial charge in [0.1, 0.15) is 5.82 Å². The van der Waals surface area contributed by atoms with Gasteiger partial charge in [0.05, 0.1) is 0 Å². The third-order valence-electron chi connectivity index (χ3n) is 3.32. The molecule has 0 aliphatic heterocycles. The number of hydrogen-bond acceptors (Lipinski definition) is 2. The lowest BCUT2D eigenvalue weighted by Crippen LogP contribution is -2.31. The zero-order valence-electron chi connectivity index (χ0n) is 11.3. The van der Waals surface area contributed by atoms with E-state index < -0.39 is 0 Å². The second kappa shape index (κ2) is 6.84. The molecule has 0 aromatic heterocycles. The number of halogens is 2. The minimum absolute atomic E-state index is 0.0723. The highest BCUT2D eigenvalue weighted by molar-refractivity contribution is 6.30. The summed E-state index contributed by atoms with van der Waals surface area (Å²) < 4.78 is 13.9. The molecule has 0 radical (unpaired) electrons. The van der Waals surface area contributed by atoms with Gasteiger partial charge in [-0.05, 0) is 30.7 Å². The van der Waals surface area contributed by atoms with Crippen molar-refractivity contribution in [3.8, 4) is 0 Å². The lowest BCUT2D eigenvalue weighted by molar-refractivity contribution is 0.455. The molecule has 2 unspecified atom stereocenters. The molecule has 20 heavy (non-hydrogen) atoms. The normalized spacial score (nSPS) is 14.0. The Labute approximate surface area is 123 Å². The fourth-order valence-electron chi connectivity index (χ4n) is 2.21. The first kappa shape index (κ1) is 15.0. The summed E-state index contributed by atoms with van der Waals surface area (Å²) in [5.74, 6) is -0.294.